The van der Waals surface area contributed by atoms with Crippen molar-refractivity contribution in [2.45, 2.75) is 30.7 Å². The number of aldehydes is 1. The van der Waals surface area contributed by atoms with Gasteiger partial charge in [0.15, 0.2) is 6.29 Å². The van der Waals surface area contributed by atoms with Gasteiger partial charge in [-0.1, -0.05) is 12.1 Å². The summed E-state index contributed by atoms with van der Waals surface area (Å²) in [6.45, 7) is -0.542. The molecule has 1 aliphatic rings. The third kappa shape index (κ3) is 2.82. The van der Waals surface area contributed by atoms with E-state index in [-0.39, 0.29) is 11.3 Å². The number of hydrogen-bond acceptors (Lipinski definition) is 7. The van der Waals surface area contributed by atoms with E-state index in [0.29, 0.717) is 6.29 Å². The molecule has 0 aromatic heterocycles. The molecule has 0 saturated carbocycles. The van der Waals surface area contributed by atoms with Crippen molar-refractivity contribution in [1.29, 1.82) is 0 Å². The molecule has 20 heavy (non-hydrogen) atoms. The summed E-state index contributed by atoms with van der Waals surface area (Å²) in [5.74, 6) is 0.173. The molecule has 0 aliphatic carbocycles. The number of benzene rings is 1. The molecule has 0 amide bonds. The number of para-hydroxylation sites is 1. The second-order valence-corrected chi connectivity index (χ2v) is 4.47. The van der Waals surface area contributed by atoms with Gasteiger partial charge in [-0.2, -0.15) is 0 Å². The minimum atomic E-state index is -1.52. The fourth-order valence-corrected chi connectivity index (χ4v) is 1.98. The van der Waals surface area contributed by atoms with Crippen molar-refractivity contribution >= 4 is 6.29 Å². The van der Waals surface area contributed by atoms with Crippen molar-refractivity contribution in [1.82, 2.24) is 0 Å². The summed E-state index contributed by atoms with van der Waals surface area (Å²) in [5, 5.41) is 38.1. The Morgan fingerprint density at radius 2 is 1.85 bits per heavy atom. The Bertz CT molecular complexity index is 462. The summed E-state index contributed by atoms with van der Waals surface area (Å²) >= 11 is 0. The number of carbonyl (C=O) groups is 1. The molecule has 5 atom stereocenters. The molecule has 2 rings (SSSR count). The normalized spacial score (nSPS) is 33.7. The van der Waals surface area contributed by atoms with Crippen molar-refractivity contribution in [2.75, 3.05) is 6.61 Å². The van der Waals surface area contributed by atoms with E-state index in [1.807, 2.05) is 0 Å². The van der Waals surface area contributed by atoms with Gasteiger partial charge in [0, 0.05) is 0 Å². The van der Waals surface area contributed by atoms with Gasteiger partial charge in [-0.25, -0.2) is 0 Å². The van der Waals surface area contributed by atoms with Crippen LogP contribution in [-0.4, -0.2) is 64.0 Å². The topological polar surface area (TPSA) is 116 Å². The van der Waals surface area contributed by atoms with E-state index in [1.165, 1.54) is 12.1 Å². The molecular formula is C13H16O7. The van der Waals surface area contributed by atoms with Crippen LogP contribution >= 0.6 is 0 Å². The van der Waals surface area contributed by atoms with Gasteiger partial charge in [0.05, 0.1) is 12.2 Å². The lowest BCUT2D eigenvalue weighted by molar-refractivity contribution is -0.277. The van der Waals surface area contributed by atoms with Crippen molar-refractivity contribution in [2.24, 2.45) is 0 Å². The Morgan fingerprint density at radius 3 is 2.50 bits per heavy atom. The van der Waals surface area contributed by atoms with Crippen molar-refractivity contribution in [3.8, 4) is 5.75 Å². The molecule has 7 heteroatoms. The maximum Gasteiger partial charge on any atom is 0.229 e. The Labute approximate surface area is 115 Å². The second-order valence-electron chi connectivity index (χ2n) is 4.47. The summed E-state index contributed by atoms with van der Waals surface area (Å²) in [6, 6.07) is 6.30. The molecule has 1 aromatic carbocycles. The molecule has 0 radical (unpaired) electrons. The largest absolute Gasteiger partial charge is 0.461 e. The zero-order valence-corrected chi connectivity index (χ0v) is 10.5. The van der Waals surface area contributed by atoms with Crippen LogP contribution in [0.4, 0.5) is 0 Å². The molecule has 110 valence electrons. The highest BCUT2D eigenvalue weighted by molar-refractivity contribution is 5.79. The lowest BCUT2D eigenvalue weighted by Gasteiger charge is -2.39. The molecule has 4 N–H and O–H groups in total. The molecular weight excluding hydrogens is 268 g/mol. The standard InChI is InChI=1S/C13H16O7/c14-5-7-3-1-2-4-8(7)19-13-12(18)11(17)10(16)9(6-15)20-13/h1-5,9-13,15-18H,6H2/t9-,10-,11+,12-,13-/m0/s1. The van der Waals surface area contributed by atoms with Gasteiger partial charge in [0.2, 0.25) is 6.29 Å². The smallest absolute Gasteiger partial charge is 0.229 e. The first kappa shape index (κ1) is 14.9. The first-order valence-electron chi connectivity index (χ1n) is 6.10. The van der Waals surface area contributed by atoms with Gasteiger partial charge in [-0.3, -0.25) is 4.79 Å². The molecule has 0 spiro atoms. The maximum absolute atomic E-state index is 10.9. The summed E-state index contributed by atoms with van der Waals surface area (Å²) in [5.41, 5.74) is 0.254. The Kier molecular flexibility index (Phi) is 4.69. The highest BCUT2D eigenvalue weighted by atomic mass is 16.7. The summed E-state index contributed by atoms with van der Waals surface area (Å²) in [7, 11) is 0. The minimum absolute atomic E-state index is 0.173. The van der Waals surface area contributed by atoms with Crippen LogP contribution in [-0.2, 0) is 4.74 Å². The van der Waals surface area contributed by atoms with E-state index in [0.717, 1.165) is 0 Å². The minimum Gasteiger partial charge on any atom is -0.461 e. The number of aliphatic hydroxyl groups is 4. The van der Waals surface area contributed by atoms with Crippen LogP contribution in [0.25, 0.3) is 0 Å². The lowest BCUT2D eigenvalue weighted by atomic mass is 9.99. The molecule has 1 aliphatic heterocycles. The third-order valence-corrected chi connectivity index (χ3v) is 3.14. The predicted octanol–water partition coefficient (Wildman–Crippen LogP) is -1.32. The second kappa shape index (κ2) is 6.29. The van der Waals surface area contributed by atoms with Crippen molar-refractivity contribution in [3.05, 3.63) is 29.8 Å². The Balaban J connectivity index is 2.17. The van der Waals surface area contributed by atoms with E-state index < -0.39 is 37.3 Å². The summed E-state index contributed by atoms with van der Waals surface area (Å²) in [6.07, 6.45) is -6.24. The predicted molar refractivity (Wildman–Crippen MR) is 66.2 cm³/mol. The van der Waals surface area contributed by atoms with E-state index in [1.54, 1.807) is 12.1 Å². The van der Waals surface area contributed by atoms with Crippen molar-refractivity contribution in [3.63, 3.8) is 0 Å². The van der Waals surface area contributed by atoms with Gasteiger partial charge >= 0.3 is 0 Å². The SMILES string of the molecule is O=Cc1ccccc1O[C@H]1O[C@@H](CO)[C@H](O)[C@@H](O)[C@@H]1O. The van der Waals surface area contributed by atoms with Crippen LogP contribution in [0.2, 0.25) is 0 Å². The summed E-state index contributed by atoms with van der Waals surface area (Å²) in [4.78, 5) is 10.9. The first-order chi connectivity index (χ1) is 9.58. The average Bonchev–Trinajstić information content (AvgIpc) is 2.48. The van der Waals surface area contributed by atoms with Gasteiger partial charge < -0.3 is 29.9 Å². The Hall–Kier alpha value is -1.51. The van der Waals surface area contributed by atoms with E-state index in [2.05, 4.69) is 0 Å². The molecule has 1 saturated heterocycles. The fourth-order valence-electron chi connectivity index (χ4n) is 1.98. The first-order valence-corrected chi connectivity index (χ1v) is 6.10. The number of ether oxygens (including phenoxy) is 2. The lowest BCUT2D eigenvalue weighted by Crippen LogP contribution is -2.60. The molecule has 7 nitrogen and oxygen atoms in total. The third-order valence-electron chi connectivity index (χ3n) is 3.14. The van der Waals surface area contributed by atoms with Crippen LogP contribution in [0.15, 0.2) is 24.3 Å². The Morgan fingerprint density at radius 1 is 1.15 bits per heavy atom. The van der Waals surface area contributed by atoms with Crippen molar-refractivity contribution < 1.29 is 34.7 Å². The number of aliphatic hydroxyl groups excluding tert-OH is 4. The van der Waals surface area contributed by atoms with Gasteiger partial charge in [-0.15, -0.1) is 0 Å². The van der Waals surface area contributed by atoms with Gasteiger partial charge in [-0.05, 0) is 12.1 Å². The van der Waals surface area contributed by atoms with E-state index >= 15 is 0 Å². The molecule has 0 unspecified atom stereocenters. The van der Waals surface area contributed by atoms with Crippen LogP contribution < -0.4 is 4.74 Å². The molecule has 1 fully saturated rings. The molecule has 1 heterocycles. The van der Waals surface area contributed by atoms with Crippen LogP contribution in [0.5, 0.6) is 5.75 Å². The quantitative estimate of drug-likeness (QED) is 0.507. The van der Waals surface area contributed by atoms with E-state index in [4.69, 9.17) is 14.6 Å². The monoisotopic (exact) mass is 284 g/mol. The maximum atomic E-state index is 10.9. The highest BCUT2D eigenvalue weighted by Crippen LogP contribution is 2.25. The van der Waals surface area contributed by atoms with Crippen LogP contribution in [0.1, 0.15) is 10.4 Å². The van der Waals surface area contributed by atoms with Crippen LogP contribution in [0, 0.1) is 0 Å². The highest BCUT2D eigenvalue weighted by Gasteiger charge is 2.44. The number of rotatable bonds is 4. The fraction of sp³-hybridized carbons (Fsp3) is 0.462. The molecule has 0 bridgehead atoms. The zero-order valence-electron chi connectivity index (χ0n) is 10.5. The average molecular weight is 284 g/mol. The van der Waals surface area contributed by atoms with Crippen LogP contribution in [0.3, 0.4) is 0 Å². The van der Waals surface area contributed by atoms with E-state index in [9.17, 15) is 20.1 Å². The zero-order chi connectivity index (χ0) is 14.7. The molecule has 1 aromatic rings. The van der Waals surface area contributed by atoms with Gasteiger partial charge in [0.1, 0.15) is 30.2 Å². The number of carbonyl (C=O) groups excluding carboxylic acids is 1. The number of hydrogen-bond donors (Lipinski definition) is 4. The summed E-state index contributed by atoms with van der Waals surface area (Å²) < 4.78 is 10.5. The van der Waals surface area contributed by atoms with Gasteiger partial charge in [0.25, 0.3) is 0 Å².